The maximum atomic E-state index is 12.6. The van der Waals surface area contributed by atoms with Crippen LogP contribution >= 0.6 is 35.0 Å². The Bertz CT molecular complexity index is 1060. The van der Waals surface area contributed by atoms with Gasteiger partial charge in [-0.3, -0.25) is 4.21 Å². The zero-order valence-electron chi connectivity index (χ0n) is 15.6. The second-order valence-electron chi connectivity index (χ2n) is 6.41. The molecule has 0 spiro atoms. The minimum Gasteiger partial charge on any atom is -0.308 e. The van der Waals surface area contributed by atoms with Gasteiger partial charge in [0.2, 0.25) is 0 Å². The molecule has 2 aromatic carbocycles. The van der Waals surface area contributed by atoms with Crippen molar-refractivity contribution in [2.24, 2.45) is 7.05 Å². The Labute approximate surface area is 188 Å². The summed E-state index contributed by atoms with van der Waals surface area (Å²) in [4.78, 5) is 0. The lowest BCUT2D eigenvalue weighted by atomic mass is 10.1. The molecule has 0 amide bonds. The summed E-state index contributed by atoms with van der Waals surface area (Å²) in [6.45, 7) is 0. The van der Waals surface area contributed by atoms with Gasteiger partial charge in [0, 0.05) is 33.6 Å². The summed E-state index contributed by atoms with van der Waals surface area (Å²) in [6.07, 6.45) is -4.35. The number of rotatable bonds is 7. The van der Waals surface area contributed by atoms with Gasteiger partial charge in [0.1, 0.15) is 5.82 Å². The minimum absolute atomic E-state index is 0.198. The van der Waals surface area contributed by atoms with Crippen molar-refractivity contribution in [2.45, 2.75) is 28.6 Å². The normalized spacial score (nSPS) is 12.9. The fourth-order valence-corrected chi connectivity index (χ4v) is 5.22. The first-order valence-electron chi connectivity index (χ1n) is 8.59. The SMILES string of the molecule is Cn1c(C[S@@](=O)Cc2ccc(Cl)cc2Cl)nnc1SCc1ccc(C(F)(F)F)cc1. The fourth-order valence-electron chi connectivity index (χ4n) is 2.54. The Kier molecular flexibility index (Phi) is 7.49. The molecule has 0 saturated carbocycles. The second kappa shape index (κ2) is 9.72. The zero-order valence-corrected chi connectivity index (χ0v) is 18.8. The van der Waals surface area contributed by atoms with E-state index in [1.54, 1.807) is 29.8 Å². The third kappa shape index (κ3) is 6.00. The van der Waals surface area contributed by atoms with Crippen LogP contribution in [-0.2, 0) is 41.3 Å². The van der Waals surface area contributed by atoms with Crippen LogP contribution in [0.4, 0.5) is 13.2 Å². The molecule has 0 aliphatic carbocycles. The second-order valence-corrected chi connectivity index (χ2v) is 9.65. The van der Waals surface area contributed by atoms with E-state index in [2.05, 4.69) is 10.2 Å². The van der Waals surface area contributed by atoms with Gasteiger partial charge in [-0.05, 0) is 35.4 Å². The van der Waals surface area contributed by atoms with Crippen LogP contribution in [0.15, 0.2) is 47.6 Å². The maximum Gasteiger partial charge on any atom is 0.416 e. The third-order valence-electron chi connectivity index (χ3n) is 4.20. The quantitative estimate of drug-likeness (QED) is 0.385. The van der Waals surface area contributed by atoms with Gasteiger partial charge in [-0.25, -0.2) is 0 Å². The molecule has 3 aromatic rings. The summed E-state index contributed by atoms with van der Waals surface area (Å²) in [5.74, 6) is 1.45. The van der Waals surface area contributed by atoms with Crippen LogP contribution in [0.5, 0.6) is 0 Å². The van der Waals surface area contributed by atoms with Gasteiger partial charge < -0.3 is 4.57 Å². The lowest BCUT2D eigenvalue weighted by Gasteiger charge is -2.08. The van der Waals surface area contributed by atoms with E-state index in [0.717, 1.165) is 23.3 Å². The topological polar surface area (TPSA) is 47.8 Å². The van der Waals surface area contributed by atoms with Gasteiger partial charge in [-0.15, -0.1) is 10.2 Å². The molecule has 1 atom stereocenters. The molecule has 0 unspecified atom stereocenters. The largest absolute Gasteiger partial charge is 0.416 e. The monoisotopic (exact) mass is 493 g/mol. The molecular formula is C19H16Cl2F3N3OS2. The molecule has 11 heteroatoms. The number of alkyl halides is 3. The van der Waals surface area contributed by atoms with Crippen molar-refractivity contribution < 1.29 is 17.4 Å². The van der Waals surface area contributed by atoms with Gasteiger partial charge >= 0.3 is 6.18 Å². The van der Waals surface area contributed by atoms with Gasteiger partial charge in [0.05, 0.1) is 17.1 Å². The highest BCUT2D eigenvalue weighted by atomic mass is 35.5. The van der Waals surface area contributed by atoms with Crippen molar-refractivity contribution in [3.05, 3.63) is 75.0 Å². The highest BCUT2D eigenvalue weighted by Gasteiger charge is 2.29. The van der Waals surface area contributed by atoms with Crippen LogP contribution in [0, 0.1) is 0 Å². The summed E-state index contributed by atoms with van der Waals surface area (Å²) < 4.78 is 52.2. The predicted molar refractivity (Wildman–Crippen MR) is 114 cm³/mol. The van der Waals surface area contributed by atoms with Crippen LogP contribution < -0.4 is 0 Å². The van der Waals surface area contributed by atoms with E-state index in [9.17, 15) is 17.4 Å². The molecule has 0 N–H and O–H groups in total. The highest BCUT2D eigenvalue weighted by molar-refractivity contribution is 7.98. The third-order valence-corrected chi connectivity index (χ3v) is 7.09. The van der Waals surface area contributed by atoms with Crippen molar-refractivity contribution >= 4 is 45.8 Å². The van der Waals surface area contributed by atoms with E-state index in [-0.39, 0.29) is 11.5 Å². The van der Waals surface area contributed by atoms with Crippen LogP contribution in [0.3, 0.4) is 0 Å². The highest BCUT2D eigenvalue weighted by Crippen LogP contribution is 2.30. The van der Waals surface area contributed by atoms with E-state index in [1.807, 2.05) is 0 Å². The number of benzene rings is 2. The number of hydrogen-bond acceptors (Lipinski definition) is 4. The Morgan fingerprint density at radius 2 is 1.77 bits per heavy atom. The molecule has 0 fully saturated rings. The van der Waals surface area contributed by atoms with E-state index < -0.39 is 22.5 Å². The Balaban J connectivity index is 1.59. The van der Waals surface area contributed by atoms with E-state index >= 15 is 0 Å². The molecule has 3 rings (SSSR count). The van der Waals surface area contributed by atoms with Crippen LogP contribution in [0.1, 0.15) is 22.5 Å². The van der Waals surface area contributed by atoms with E-state index in [1.165, 1.54) is 23.9 Å². The summed E-state index contributed by atoms with van der Waals surface area (Å²) in [5.41, 5.74) is 0.789. The molecule has 0 aliphatic heterocycles. The first kappa shape index (κ1) is 23.1. The fraction of sp³-hybridized carbons (Fsp3) is 0.263. The van der Waals surface area contributed by atoms with Crippen molar-refractivity contribution in [3.63, 3.8) is 0 Å². The molecule has 1 aromatic heterocycles. The lowest BCUT2D eigenvalue weighted by molar-refractivity contribution is -0.137. The number of hydrogen-bond donors (Lipinski definition) is 0. The molecule has 0 radical (unpaired) electrons. The summed E-state index contributed by atoms with van der Waals surface area (Å²) in [6, 6.07) is 10.0. The van der Waals surface area contributed by atoms with Crippen molar-refractivity contribution in [1.82, 2.24) is 14.8 Å². The van der Waals surface area contributed by atoms with Gasteiger partial charge in [0.15, 0.2) is 5.16 Å². The number of halogens is 5. The standard InChI is InChI=1S/C19H16Cl2F3N3OS2/c1-27-17(11-30(28)10-13-4-7-15(20)8-16(13)21)25-26-18(27)29-9-12-2-5-14(6-3-12)19(22,23)24/h2-8H,9-11H2,1H3/t30-/m0/s1. The van der Waals surface area contributed by atoms with Crippen LogP contribution in [0.2, 0.25) is 10.0 Å². The molecule has 1 heterocycles. The van der Waals surface area contributed by atoms with E-state index in [4.69, 9.17) is 23.2 Å². The molecular weight excluding hydrogens is 478 g/mol. The lowest BCUT2D eigenvalue weighted by Crippen LogP contribution is -2.06. The minimum atomic E-state index is -4.35. The first-order valence-corrected chi connectivity index (χ1v) is 11.8. The van der Waals surface area contributed by atoms with Gasteiger partial charge in [-0.1, -0.05) is 53.2 Å². The number of nitrogens with zero attached hydrogens (tertiary/aromatic N) is 3. The summed E-state index contributed by atoms with van der Waals surface area (Å²) in [5, 5.41) is 9.74. The Hall–Kier alpha value is -1.55. The van der Waals surface area contributed by atoms with Crippen LogP contribution in [0.25, 0.3) is 0 Å². The zero-order chi connectivity index (χ0) is 21.9. The average molecular weight is 494 g/mol. The van der Waals surface area contributed by atoms with E-state index in [0.29, 0.717) is 26.8 Å². The smallest absolute Gasteiger partial charge is 0.308 e. The number of thioether (sulfide) groups is 1. The predicted octanol–water partition coefficient (Wildman–Crippen LogP) is 5.88. The van der Waals surface area contributed by atoms with Crippen LogP contribution in [-0.4, -0.2) is 19.0 Å². The Morgan fingerprint density at radius 1 is 1.07 bits per heavy atom. The summed E-state index contributed by atoms with van der Waals surface area (Å²) >= 11 is 13.3. The Morgan fingerprint density at radius 3 is 2.40 bits per heavy atom. The molecule has 30 heavy (non-hydrogen) atoms. The summed E-state index contributed by atoms with van der Waals surface area (Å²) in [7, 11) is 0.507. The first-order chi connectivity index (χ1) is 14.1. The molecule has 4 nitrogen and oxygen atoms in total. The van der Waals surface area contributed by atoms with Crippen molar-refractivity contribution in [1.29, 1.82) is 0 Å². The van der Waals surface area contributed by atoms with Gasteiger partial charge in [-0.2, -0.15) is 13.2 Å². The molecule has 0 saturated heterocycles. The van der Waals surface area contributed by atoms with Crippen molar-refractivity contribution in [3.8, 4) is 0 Å². The van der Waals surface area contributed by atoms with Crippen molar-refractivity contribution in [2.75, 3.05) is 0 Å². The number of aromatic nitrogens is 3. The average Bonchev–Trinajstić information content (AvgIpc) is 3.01. The molecule has 160 valence electrons. The maximum absolute atomic E-state index is 12.6. The molecule has 0 bridgehead atoms. The molecule has 0 aliphatic rings. The van der Waals surface area contributed by atoms with Gasteiger partial charge in [0.25, 0.3) is 0 Å².